The standard InChI is InChI=1S/C21H18FN3O2/c1-14(20-3-2-10-27-20)24-21(26)16-6-7-17-12-23-25(19(17)11-16)13-15-4-8-18(22)9-5-15/h2-12,14H,13H2,1H3,(H,24,26)/t14-/m0/s1. The number of carbonyl (C=O) groups excluding carboxylic acids is 1. The lowest BCUT2D eigenvalue weighted by Gasteiger charge is -2.12. The fourth-order valence-corrected chi connectivity index (χ4v) is 2.99. The second kappa shape index (κ2) is 7.07. The molecule has 1 N–H and O–H groups in total. The van der Waals surface area contributed by atoms with Crippen LogP contribution in [0.4, 0.5) is 4.39 Å². The van der Waals surface area contributed by atoms with Crippen LogP contribution >= 0.6 is 0 Å². The molecule has 136 valence electrons. The Morgan fingerprint density at radius 3 is 2.78 bits per heavy atom. The Hall–Kier alpha value is -3.41. The Labute approximate surface area is 155 Å². The molecule has 0 aliphatic carbocycles. The average Bonchev–Trinajstić information content (AvgIpc) is 3.34. The number of halogens is 1. The first-order valence-electron chi connectivity index (χ1n) is 8.64. The van der Waals surface area contributed by atoms with Gasteiger partial charge in [-0.05, 0) is 48.9 Å². The summed E-state index contributed by atoms with van der Waals surface area (Å²) in [5, 5.41) is 8.26. The third kappa shape index (κ3) is 3.60. The van der Waals surface area contributed by atoms with Crippen LogP contribution in [0.2, 0.25) is 0 Å². The van der Waals surface area contributed by atoms with Crippen LogP contribution in [-0.4, -0.2) is 15.7 Å². The van der Waals surface area contributed by atoms with Crippen molar-refractivity contribution in [2.45, 2.75) is 19.5 Å². The molecule has 0 unspecified atom stereocenters. The van der Waals surface area contributed by atoms with Crippen LogP contribution in [0.3, 0.4) is 0 Å². The minimum Gasteiger partial charge on any atom is -0.467 e. The minimum atomic E-state index is -0.270. The van der Waals surface area contributed by atoms with Crippen molar-refractivity contribution in [1.82, 2.24) is 15.1 Å². The number of amides is 1. The van der Waals surface area contributed by atoms with Crippen molar-refractivity contribution in [3.63, 3.8) is 0 Å². The number of furan rings is 1. The van der Waals surface area contributed by atoms with Gasteiger partial charge in [0, 0.05) is 10.9 Å². The Balaban J connectivity index is 1.57. The average molecular weight is 363 g/mol. The van der Waals surface area contributed by atoms with E-state index < -0.39 is 0 Å². The summed E-state index contributed by atoms with van der Waals surface area (Å²) in [4.78, 5) is 12.6. The molecular formula is C21H18FN3O2. The number of fused-ring (bicyclic) bond motifs is 1. The normalized spacial score (nSPS) is 12.2. The zero-order valence-electron chi connectivity index (χ0n) is 14.7. The zero-order valence-corrected chi connectivity index (χ0v) is 14.7. The Morgan fingerprint density at radius 2 is 2.04 bits per heavy atom. The molecule has 0 saturated heterocycles. The van der Waals surface area contributed by atoms with Gasteiger partial charge >= 0.3 is 0 Å². The highest BCUT2D eigenvalue weighted by Crippen LogP contribution is 2.19. The summed E-state index contributed by atoms with van der Waals surface area (Å²) in [6.07, 6.45) is 3.34. The van der Waals surface area contributed by atoms with Gasteiger partial charge in [0.1, 0.15) is 11.6 Å². The topological polar surface area (TPSA) is 60.1 Å². The van der Waals surface area contributed by atoms with Crippen molar-refractivity contribution >= 4 is 16.8 Å². The lowest BCUT2D eigenvalue weighted by Crippen LogP contribution is -2.26. The van der Waals surface area contributed by atoms with E-state index in [1.165, 1.54) is 12.1 Å². The first kappa shape index (κ1) is 17.0. The largest absolute Gasteiger partial charge is 0.467 e. The van der Waals surface area contributed by atoms with Crippen LogP contribution in [0.25, 0.3) is 10.9 Å². The first-order chi connectivity index (χ1) is 13.1. The minimum absolute atomic E-state index is 0.185. The molecule has 0 aliphatic heterocycles. The molecule has 0 saturated carbocycles. The van der Waals surface area contributed by atoms with Crippen molar-refractivity contribution in [2.75, 3.05) is 0 Å². The van der Waals surface area contributed by atoms with E-state index in [4.69, 9.17) is 4.42 Å². The SMILES string of the molecule is C[C@H](NC(=O)c1ccc2cnn(Cc3ccc(F)cc3)c2c1)c1ccco1. The van der Waals surface area contributed by atoms with Crippen LogP contribution in [0.5, 0.6) is 0 Å². The van der Waals surface area contributed by atoms with E-state index in [2.05, 4.69) is 10.4 Å². The highest BCUT2D eigenvalue weighted by atomic mass is 19.1. The van der Waals surface area contributed by atoms with Gasteiger partial charge in [0.25, 0.3) is 5.91 Å². The fraction of sp³-hybridized carbons (Fsp3) is 0.143. The van der Waals surface area contributed by atoms with Gasteiger partial charge in [-0.25, -0.2) is 4.39 Å². The van der Waals surface area contributed by atoms with Gasteiger partial charge in [0.05, 0.1) is 30.6 Å². The van der Waals surface area contributed by atoms with E-state index in [-0.39, 0.29) is 17.8 Å². The summed E-state index contributed by atoms with van der Waals surface area (Å²) >= 11 is 0. The molecule has 0 bridgehead atoms. The Bertz CT molecular complexity index is 1070. The first-order valence-corrected chi connectivity index (χ1v) is 8.64. The van der Waals surface area contributed by atoms with E-state index in [0.29, 0.717) is 17.9 Å². The molecule has 6 heteroatoms. The summed E-state index contributed by atoms with van der Waals surface area (Å²) < 4.78 is 20.2. The second-order valence-corrected chi connectivity index (χ2v) is 6.41. The summed E-state index contributed by atoms with van der Waals surface area (Å²) in [6.45, 7) is 2.37. The van der Waals surface area contributed by atoms with Crippen LogP contribution < -0.4 is 5.32 Å². The van der Waals surface area contributed by atoms with Gasteiger partial charge in [-0.1, -0.05) is 18.2 Å². The summed E-state index contributed by atoms with van der Waals surface area (Å²) in [7, 11) is 0. The van der Waals surface area contributed by atoms with Gasteiger partial charge in [0.2, 0.25) is 0 Å². The third-order valence-corrected chi connectivity index (χ3v) is 4.47. The molecule has 27 heavy (non-hydrogen) atoms. The van der Waals surface area contributed by atoms with Crippen molar-refractivity contribution in [3.8, 4) is 0 Å². The van der Waals surface area contributed by atoms with Crippen LogP contribution in [-0.2, 0) is 6.54 Å². The molecule has 0 aliphatic rings. The molecule has 2 heterocycles. The van der Waals surface area contributed by atoms with Crippen molar-refractivity contribution in [3.05, 3.63) is 89.8 Å². The van der Waals surface area contributed by atoms with Gasteiger partial charge in [-0.3, -0.25) is 9.48 Å². The highest BCUT2D eigenvalue weighted by molar-refractivity contribution is 5.98. The third-order valence-electron chi connectivity index (χ3n) is 4.47. The lowest BCUT2D eigenvalue weighted by molar-refractivity contribution is 0.0935. The van der Waals surface area contributed by atoms with Gasteiger partial charge < -0.3 is 9.73 Å². The summed E-state index contributed by atoms with van der Waals surface area (Å²) in [5.74, 6) is 0.245. The van der Waals surface area contributed by atoms with E-state index >= 15 is 0 Å². The molecule has 0 fully saturated rings. The molecule has 1 atom stereocenters. The maximum Gasteiger partial charge on any atom is 0.251 e. The fourth-order valence-electron chi connectivity index (χ4n) is 2.99. The second-order valence-electron chi connectivity index (χ2n) is 6.41. The number of rotatable bonds is 5. The molecule has 2 aromatic heterocycles. The van der Waals surface area contributed by atoms with Crippen LogP contribution in [0.1, 0.15) is 34.6 Å². The van der Waals surface area contributed by atoms with Crippen LogP contribution in [0.15, 0.2) is 71.5 Å². The number of benzene rings is 2. The molecule has 4 rings (SSSR count). The van der Waals surface area contributed by atoms with E-state index in [0.717, 1.165) is 16.5 Å². The van der Waals surface area contributed by atoms with Crippen molar-refractivity contribution in [2.24, 2.45) is 0 Å². The maximum atomic E-state index is 13.1. The van der Waals surface area contributed by atoms with E-state index in [1.807, 2.05) is 25.1 Å². The quantitative estimate of drug-likeness (QED) is 0.575. The molecule has 4 aromatic rings. The maximum absolute atomic E-state index is 13.1. The molecule has 2 aromatic carbocycles. The molecule has 0 spiro atoms. The van der Waals surface area contributed by atoms with Crippen molar-refractivity contribution in [1.29, 1.82) is 0 Å². The molecule has 0 radical (unpaired) electrons. The Kier molecular flexibility index (Phi) is 4.46. The van der Waals surface area contributed by atoms with Gasteiger partial charge in [0.15, 0.2) is 0 Å². The van der Waals surface area contributed by atoms with Gasteiger partial charge in [-0.15, -0.1) is 0 Å². The Morgan fingerprint density at radius 1 is 1.22 bits per heavy atom. The number of aromatic nitrogens is 2. The van der Waals surface area contributed by atoms with Gasteiger partial charge in [-0.2, -0.15) is 5.10 Å². The molecule has 5 nitrogen and oxygen atoms in total. The van der Waals surface area contributed by atoms with E-state index in [1.54, 1.807) is 41.4 Å². The summed E-state index contributed by atoms with van der Waals surface area (Å²) in [5.41, 5.74) is 2.32. The predicted molar refractivity (Wildman–Crippen MR) is 99.8 cm³/mol. The zero-order chi connectivity index (χ0) is 18.8. The number of carbonyl (C=O) groups is 1. The molecular weight excluding hydrogens is 345 g/mol. The lowest BCUT2D eigenvalue weighted by atomic mass is 10.1. The van der Waals surface area contributed by atoms with E-state index in [9.17, 15) is 9.18 Å². The highest BCUT2D eigenvalue weighted by Gasteiger charge is 2.15. The monoisotopic (exact) mass is 363 g/mol. The number of nitrogens with zero attached hydrogens (tertiary/aromatic N) is 2. The van der Waals surface area contributed by atoms with Crippen LogP contribution in [0, 0.1) is 5.82 Å². The number of nitrogens with one attached hydrogen (secondary N) is 1. The number of hydrogen-bond donors (Lipinski definition) is 1. The summed E-state index contributed by atoms with van der Waals surface area (Å²) in [6, 6.07) is 15.2. The smallest absolute Gasteiger partial charge is 0.251 e. The molecule has 1 amide bonds. The van der Waals surface area contributed by atoms with Crippen molar-refractivity contribution < 1.29 is 13.6 Å². The predicted octanol–water partition coefficient (Wildman–Crippen LogP) is 4.31. The number of hydrogen-bond acceptors (Lipinski definition) is 3.